The van der Waals surface area contributed by atoms with E-state index >= 15 is 0 Å². The molecule has 0 unspecified atom stereocenters. The molecule has 1 aliphatic heterocycles. The largest absolute Gasteiger partial charge is 0.477 e. The maximum atomic E-state index is 10.8. The van der Waals surface area contributed by atoms with Crippen LogP contribution >= 0.6 is 0 Å². The van der Waals surface area contributed by atoms with Crippen molar-refractivity contribution in [2.75, 3.05) is 18.0 Å². The van der Waals surface area contributed by atoms with Crippen LogP contribution in [-0.4, -0.2) is 34.1 Å². The predicted octanol–water partition coefficient (Wildman–Crippen LogP) is 1.08. The van der Waals surface area contributed by atoms with E-state index in [2.05, 4.69) is 14.9 Å². The lowest BCUT2D eigenvalue weighted by atomic mass is 10.3. The molecular weight excluding hydrogens is 194 g/mol. The predicted molar refractivity (Wildman–Crippen MR) is 55.2 cm³/mol. The normalized spacial score (nSPS) is 15.7. The van der Waals surface area contributed by atoms with Crippen LogP contribution in [0.2, 0.25) is 0 Å². The number of aromatic nitrogens is 2. The summed E-state index contributed by atoms with van der Waals surface area (Å²) in [7, 11) is 0. The van der Waals surface area contributed by atoms with Crippen LogP contribution in [0.1, 0.15) is 29.2 Å². The van der Waals surface area contributed by atoms with Crippen LogP contribution in [0, 0.1) is 6.92 Å². The first-order valence-electron chi connectivity index (χ1n) is 5.01. The van der Waals surface area contributed by atoms with E-state index < -0.39 is 5.97 Å². The van der Waals surface area contributed by atoms with Crippen LogP contribution in [0.3, 0.4) is 0 Å². The molecule has 0 bridgehead atoms. The summed E-state index contributed by atoms with van der Waals surface area (Å²) in [5, 5.41) is 8.87. The molecule has 1 saturated heterocycles. The van der Waals surface area contributed by atoms with Gasteiger partial charge in [0.25, 0.3) is 0 Å². The van der Waals surface area contributed by atoms with Gasteiger partial charge in [-0.3, -0.25) is 0 Å². The SMILES string of the molecule is Cc1nc(C(=O)O)cc(N2CCCC2)n1. The van der Waals surface area contributed by atoms with Crippen molar-refractivity contribution in [2.24, 2.45) is 0 Å². The van der Waals surface area contributed by atoms with Crippen LogP contribution in [0.5, 0.6) is 0 Å². The third kappa shape index (κ3) is 2.06. The molecule has 80 valence electrons. The number of hydrogen-bond donors (Lipinski definition) is 1. The number of aryl methyl sites for hydroxylation is 1. The molecule has 0 aliphatic carbocycles. The second-order valence-corrected chi connectivity index (χ2v) is 3.66. The van der Waals surface area contributed by atoms with E-state index in [1.54, 1.807) is 13.0 Å². The van der Waals surface area contributed by atoms with E-state index in [-0.39, 0.29) is 5.69 Å². The van der Waals surface area contributed by atoms with E-state index in [1.165, 1.54) is 0 Å². The third-order valence-corrected chi connectivity index (χ3v) is 2.47. The number of hydrogen-bond acceptors (Lipinski definition) is 4. The third-order valence-electron chi connectivity index (χ3n) is 2.47. The molecule has 0 aromatic carbocycles. The highest BCUT2D eigenvalue weighted by Crippen LogP contribution is 2.18. The Labute approximate surface area is 87.8 Å². The second-order valence-electron chi connectivity index (χ2n) is 3.66. The van der Waals surface area contributed by atoms with Crippen LogP contribution in [0.15, 0.2) is 6.07 Å². The number of carbonyl (C=O) groups is 1. The van der Waals surface area contributed by atoms with Gasteiger partial charge in [-0.25, -0.2) is 14.8 Å². The summed E-state index contributed by atoms with van der Waals surface area (Å²) in [5.41, 5.74) is 0.0735. The topological polar surface area (TPSA) is 66.3 Å². The molecular formula is C10H13N3O2. The van der Waals surface area contributed by atoms with Gasteiger partial charge in [0.05, 0.1) is 0 Å². The zero-order valence-corrected chi connectivity index (χ0v) is 8.60. The number of nitrogens with zero attached hydrogens (tertiary/aromatic N) is 3. The Balaban J connectivity index is 2.34. The summed E-state index contributed by atoms with van der Waals surface area (Å²) in [6.45, 7) is 3.62. The molecule has 15 heavy (non-hydrogen) atoms. The van der Waals surface area contributed by atoms with Crippen LogP contribution < -0.4 is 4.90 Å². The summed E-state index contributed by atoms with van der Waals surface area (Å²) in [5.74, 6) is 0.246. The molecule has 1 aromatic rings. The van der Waals surface area contributed by atoms with Gasteiger partial charge in [0.1, 0.15) is 11.6 Å². The first-order valence-corrected chi connectivity index (χ1v) is 5.01. The minimum atomic E-state index is -0.999. The zero-order chi connectivity index (χ0) is 10.8. The molecule has 0 atom stereocenters. The molecule has 0 amide bonds. The van der Waals surface area contributed by atoms with E-state index in [9.17, 15) is 4.79 Å². The highest BCUT2D eigenvalue weighted by molar-refractivity contribution is 5.86. The van der Waals surface area contributed by atoms with Crippen molar-refractivity contribution in [2.45, 2.75) is 19.8 Å². The Morgan fingerprint density at radius 3 is 2.67 bits per heavy atom. The molecule has 0 spiro atoms. The summed E-state index contributed by atoms with van der Waals surface area (Å²) in [6, 6.07) is 1.54. The van der Waals surface area contributed by atoms with E-state index in [1.807, 2.05) is 0 Å². The lowest BCUT2D eigenvalue weighted by Crippen LogP contribution is -2.20. The Kier molecular flexibility index (Phi) is 2.53. The van der Waals surface area contributed by atoms with Gasteiger partial charge < -0.3 is 10.0 Å². The van der Waals surface area contributed by atoms with Crippen molar-refractivity contribution >= 4 is 11.8 Å². The van der Waals surface area contributed by atoms with Crippen LogP contribution in [0.25, 0.3) is 0 Å². The maximum absolute atomic E-state index is 10.8. The number of carboxylic acids is 1. The average Bonchev–Trinajstić information content (AvgIpc) is 2.69. The van der Waals surface area contributed by atoms with Crippen LogP contribution in [0.4, 0.5) is 5.82 Å². The number of aromatic carboxylic acids is 1. The van der Waals surface area contributed by atoms with Gasteiger partial charge in [0, 0.05) is 19.2 Å². The first-order chi connectivity index (χ1) is 7.16. The Morgan fingerprint density at radius 1 is 1.40 bits per heavy atom. The quantitative estimate of drug-likeness (QED) is 0.786. The molecule has 0 saturated carbocycles. The summed E-state index contributed by atoms with van der Waals surface area (Å²) < 4.78 is 0. The maximum Gasteiger partial charge on any atom is 0.354 e. The zero-order valence-electron chi connectivity index (χ0n) is 8.60. The smallest absolute Gasteiger partial charge is 0.354 e. The molecule has 1 N–H and O–H groups in total. The lowest BCUT2D eigenvalue weighted by molar-refractivity contribution is 0.0690. The van der Waals surface area contributed by atoms with Crippen molar-refractivity contribution in [1.82, 2.24) is 9.97 Å². The minimum absolute atomic E-state index is 0.0735. The van der Waals surface area contributed by atoms with Gasteiger partial charge in [0.15, 0.2) is 5.69 Å². The van der Waals surface area contributed by atoms with Gasteiger partial charge in [-0.05, 0) is 19.8 Å². The fourth-order valence-electron chi connectivity index (χ4n) is 1.77. The minimum Gasteiger partial charge on any atom is -0.477 e. The van der Waals surface area contributed by atoms with E-state index in [0.717, 1.165) is 31.7 Å². The highest BCUT2D eigenvalue weighted by atomic mass is 16.4. The first kappa shape index (κ1) is 9.89. The van der Waals surface area contributed by atoms with Crippen LogP contribution in [-0.2, 0) is 0 Å². The molecule has 5 nitrogen and oxygen atoms in total. The van der Waals surface area contributed by atoms with Gasteiger partial charge in [-0.1, -0.05) is 0 Å². The average molecular weight is 207 g/mol. The van der Waals surface area contributed by atoms with Gasteiger partial charge >= 0.3 is 5.97 Å². The fraction of sp³-hybridized carbons (Fsp3) is 0.500. The standard InChI is InChI=1S/C10H13N3O2/c1-7-11-8(10(14)15)6-9(12-7)13-4-2-3-5-13/h6H,2-5H2,1H3,(H,14,15). The number of carboxylic acid groups (broad SMARTS) is 1. The Hall–Kier alpha value is -1.65. The molecule has 1 aliphatic rings. The van der Waals surface area contributed by atoms with E-state index in [0.29, 0.717) is 5.82 Å². The summed E-state index contributed by atoms with van der Waals surface area (Å²) in [6.07, 6.45) is 2.29. The van der Waals surface area contributed by atoms with Crippen molar-refractivity contribution in [3.05, 3.63) is 17.6 Å². The number of rotatable bonds is 2. The molecule has 5 heteroatoms. The Morgan fingerprint density at radius 2 is 2.07 bits per heavy atom. The van der Waals surface area contributed by atoms with Crippen molar-refractivity contribution in [3.8, 4) is 0 Å². The van der Waals surface area contributed by atoms with E-state index in [4.69, 9.17) is 5.11 Å². The van der Waals surface area contributed by atoms with Gasteiger partial charge in [0.2, 0.25) is 0 Å². The molecule has 1 fully saturated rings. The van der Waals surface area contributed by atoms with Crippen molar-refractivity contribution in [1.29, 1.82) is 0 Å². The molecule has 2 rings (SSSR count). The second kappa shape index (κ2) is 3.84. The lowest BCUT2D eigenvalue weighted by Gasteiger charge is -2.16. The monoisotopic (exact) mass is 207 g/mol. The molecule has 2 heterocycles. The van der Waals surface area contributed by atoms with Crippen molar-refractivity contribution in [3.63, 3.8) is 0 Å². The fourth-order valence-corrected chi connectivity index (χ4v) is 1.77. The highest BCUT2D eigenvalue weighted by Gasteiger charge is 2.16. The Bertz CT molecular complexity index is 386. The summed E-state index contributed by atoms with van der Waals surface area (Å²) in [4.78, 5) is 21.0. The number of anilines is 1. The molecule has 1 aromatic heterocycles. The summed E-state index contributed by atoms with van der Waals surface area (Å²) >= 11 is 0. The van der Waals surface area contributed by atoms with Gasteiger partial charge in [-0.15, -0.1) is 0 Å². The van der Waals surface area contributed by atoms with Gasteiger partial charge in [-0.2, -0.15) is 0 Å². The van der Waals surface area contributed by atoms with Crippen molar-refractivity contribution < 1.29 is 9.90 Å². The molecule has 0 radical (unpaired) electrons.